The number of hydrogen-bond donors (Lipinski definition) is 2. The van der Waals surface area contributed by atoms with E-state index in [-0.39, 0.29) is 11.8 Å². The van der Waals surface area contributed by atoms with Crippen molar-refractivity contribution < 1.29 is 4.79 Å². The molecular weight excluding hydrogens is 238 g/mol. The lowest BCUT2D eigenvalue weighted by atomic mass is 9.95. The molecule has 1 aliphatic carbocycles. The molecule has 0 aromatic rings. The number of hydrogen-bond acceptors (Lipinski definition) is 3. The number of nitrogens with one attached hydrogen (secondary N) is 1. The first kappa shape index (κ1) is 14.8. The minimum atomic E-state index is 0.170. The number of likely N-dealkylation sites (tertiary alicyclic amines) is 1. The number of rotatable bonds is 6. The van der Waals surface area contributed by atoms with Crippen LogP contribution in [-0.2, 0) is 4.79 Å². The van der Waals surface area contributed by atoms with Crippen LogP contribution in [0.2, 0.25) is 0 Å². The largest absolute Gasteiger partial charge is 0.356 e. The van der Waals surface area contributed by atoms with Crippen LogP contribution in [-0.4, -0.2) is 43.5 Å². The molecule has 0 aromatic heterocycles. The van der Waals surface area contributed by atoms with Gasteiger partial charge in [-0.2, -0.15) is 0 Å². The van der Waals surface area contributed by atoms with Crippen LogP contribution >= 0.6 is 0 Å². The van der Waals surface area contributed by atoms with Gasteiger partial charge < -0.3 is 16.0 Å². The molecule has 3 atom stereocenters. The zero-order valence-corrected chi connectivity index (χ0v) is 12.2. The fraction of sp³-hybridized carbons (Fsp3) is 0.933. The summed E-state index contributed by atoms with van der Waals surface area (Å²) in [5.41, 5.74) is 5.74. The summed E-state index contributed by atoms with van der Waals surface area (Å²) in [6.07, 6.45) is 5.97. The molecule has 1 saturated heterocycles. The van der Waals surface area contributed by atoms with Crippen molar-refractivity contribution >= 4 is 5.91 Å². The Balaban J connectivity index is 1.67. The summed E-state index contributed by atoms with van der Waals surface area (Å²) >= 11 is 0. The molecule has 3 N–H and O–H groups in total. The van der Waals surface area contributed by atoms with E-state index in [1.807, 2.05) is 0 Å². The van der Waals surface area contributed by atoms with Gasteiger partial charge in [0.25, 0.3) is 0 Å². The molecule has 110 valence electrons. The first-order valence-electron chi connectivity index (χ1n) is 7.91. The molecular formula is C15H29N3O. The van der Waals surface area contributed by atoms with Crippen molar-refractivity contribution in [2.45, 2.75) is 39.0 Å². The van der Waals surface area contributed by atoms with Crippen molar-refractivity contribution in [3.63, 3.8) is 0 Å². The fourth-order valence-electron chi connectivity index (χ4n) is 3.54. The Morgan fingerprint density at radius 2 is 2.05 bits per heavy atom. The van der Waals surface area contributed by atoms with Crippen molar-refractivity contribution in [2.24, 2.45) is 23.5 Å². The number of carbonyl (C=O) groups excluding carboxylic acids is 1. The second-order valence-electron chi connectivity index (χ2n) is 6.39. The summed E-state index contributed by atoms with van der Waals surface area (Å²) in [5.74, 6) is 1.36. The van der Waals surface area contributed by atoms with Crippen LogP contribution in [0.15, 0.2) is 0 Å². The van der Waals surface area contributed by atoms with Gasteiger partial charge in [-0.3, -0.25) is 4.79 Å². The van der Waals surface area contributed by atoms with Gasteiger partial charge in [0.05, 0.1) is 0 Å². The van der Waals surface area contributed by atoms with Crippen LogP contribution in [0.4, 0.5) is 0 Å². The summed E-state index contributed by atoms with van der Waals surface area (Å²) in [5, 5.41) is 3.14. The third kappa shape index (κ3) is 4.18. The quantitative estimate of drug-likeness (QED) is 0.760. The number of carbonyl (C=O) groups is 1. The number of nitrogens with zero attached hydrogens (tertiary/aromatic N) is 1. The third-order valence-corrected chi connectivity index (χ3v) is 4.69. The summed E-state index contributed by atoms with van der Waals surface area (Å²) in [7, 11) is 0. The van der Waals surface area contributed by atoms with E-state index in [0.29, 0.717) is 18.4 Å². The molecule has 3 unspecified atom stereocenters. The molecule has 2 aliphatic rings. The Morgan fingerprint density at radius 3 is 2.74 bits per heavy atom. The van der Waals surface area contributed by atoms with Crippen molar-refractivity contribution in [3.8, 4) is 0 Å². The minimum Gasteiger partial charge on any atom is -0.356 e. The lowest BCUT2D eigenvalue weighted by molar-refractivity contribution is -0.126. The molecule has 0 aromatic carbocycles. The standard InChI is InChI=1S/C15H29N3O/c1-12(11-18-7-2-3-8-18)10-17-15(19)14-6-4-5-13(14)9-16/h12-14H,2-11,16H2,1H3,(H,17,19). The van der Waals surface area contributed by atoms with Crippen molar-refractivity contribution in [1.29, 1.82) is 0 Å². The molecule has 2 fully saturated rings. The van der Waals surface area contributed by atoms with Gasteiger partial charge in [-0.15, -0.1) is 0 Å². The smallest absolute Gasteiger partial charge is 0.223 e. The number of nitrogens with two attached hydrogens (primary N) is 1. The summed E-state index contributed by atoms with van der Waals surface area (Å²) in [6, 6.07) is 0. The first-order valence-corrected chi connectivity index (χ1v) is 7.91. The molecule has 0 radical (unpaired) electrons. The highest BCUT2D eigenvalue weighted by Gasteiger charge is 2.31. The van der Waals surface area contributed by atoms with Gasteiger partial charge in [0.15, 0.2) is 0 Å². The van der Waals surface area contributed by atoms with Gasteiger partial charge in [-0.1, -0.05) is 13.3 Å². The van der Waals surface area contributed by atoms with Gasteiger partial charge in [-0.25, -0.2) is 0 Å². The molecule has 2 rings (SSSR count). The van der Waals surface area contributed by atoms with Crippen LogP contribution in [0.5, 0.6) is 0 Å². The average Bonchev–Trinajstić information content (AvgIpc) is 3.06. The Bertz CT molecular complexity index is 289. The molecule has 4 nitrogen and oxygen atoms in total. The SMILES string of the molecule is CC(CNC(=O)C1CCCC1CN)CN1CCCC1. The maximum Gasteiger partial charge on any atom is 0.223 e. The maximum absolute atomic E-state index is 12.2. The summed E-state index contributed by atoms with van der Waals surface area (Å²) in [4.78, 5) is 14.7. The van der Waals surface area contributed by atoms with E-state index >= 15 is 0 Å². The monoisotopic (exact) mass is 267 g/mol. The molecule has 0 bridgehead atoms. The van der Waals surface area contributed by atoms with E-state index in [9.17, 15) is 4.79 Å². The lowest BCUT2D eigenvalue weighted by Crippen LogP contribution is -2.39. The van der Waals surface area contributed by atoms with Gasteiger partial charge in [0.1, 0.15) is 0 Å². The van der Waals surface area contributed by atoms with Crippen LogP contribution in [0, 0.1) is 17.8 Å². The second-order valence-corrected chi connectivity index (χ2v) is 6.39. The van der Waals surface area contributed by atoms with Gasteiger partial charge in [-0.05, 0) is 57.2 Å². The highest BCUT2D eigenvalue weighted by Crippen LogP contribution is 2.30. The van der Waals surface area contributed by atoms with E-state index in [4.69, 9.17) is 5.73 Å². The van der Waals surface area contributed by atoms with E-state index in [2.05, 4.69) is 17.1 Å². The zero-order chi connectivity index (χ0) is 13.7. The molecule has 1 amide bonds. The van der Waals surface area contributed by atoms with Crippen molar-refractivity contribution in [2.75, 3.05) is 32.7 Å². The molecule has 0 spiro atoms. The van der Waals surface area contributed by atoms with Crippen LogP contribution < -0.4 is 11.1 Å². The van der Waals surface area contributed by atoms with E-state index in [0.717, 1.165) is 32.4 Å². The zero-order valence-electron chi connectivity index (χ0n) is 12.2. The Hall–Kier alpha value is -0.610. The normalized spacial score (nSPS) is 29.6. The Morgan fingerprint density at radius 1 is 1.32 bits per heavy atom. The first-order chi connectivity index (χ1) is 9.20. The predicted molar refractivity (Wildman–Crippen MR) is 77.7 cm³/mol. The molecule has 1 aliphatic heterocycles. The van der Waals surface area contributed by atoms with Gasteiger partial charge in [0, 0.05) is 19.0 Å². The fourth-order valence-corrected chi connectivity index (χ4v) is 3.54. The van der Waals surface area contributed by atoms with E-state index in [1.54, 1.807) is 0 Å². The van der Waals surface area contributed by atoms with Crippen LogP contribution in [0.1, 0.15) is 39.0 Å². The van der Waals surface area contributed by atoms with Crippen LogP contribution in [0.3, 0.4) is 0 Å². The second kappa shape index (κ2) is 7.25. The van der Waals surface area contributed by atoms with Gasteiger partial charge in [0.2, 0.25) is 5.91 Å². The topological polar surface area (TPSA) is 58.4 Å². The third-order valence-electron chi connectivity index (χ3n) is 4.69. The minimum absolute atomic E-state index is 0.170. The lowest BCUT2D eigenvalue weighted by Gasteiger charge is -2.22. The highest BCUT2D eigenvalue weighted by atomic mass is 16.1. The van der Waals surface area contributed by atoms with E-state index in [1.165, 1.54) is 25.9 Å². The maximum atomic E-state index is 12.2. The highest BCUT2D eigenvalue weighted by molar-refractivity contribution is 5.79. The predicted octanol–water partition coefficient (Wildman–Crippen LogP) is 1.21. The molecule has 1 saturated carbocycles. The Labute approximate surface area is 117 Å². The number of amides is 1. The summed E-state index contributed by atoms with van der Waals surface area (Å²) < 4.78 is 0. The van der Waals surface area contributed by atoms with Crippen LogP contribution in [0.25, 0.3) is 0 Å². The van der Waals surface area contributed by atoms with Crippen molar-refractivity contribution in [3.05, 3.63) is 0 Å². The average molecular weight is 267 g/mol. The molecule has 19 heavy (non-hydrogen) atoms. The van der Waals surface area contributed by atoms with E-state index < -0.39 is 0 Å². The molecule has 1 heterocycles. The molecule has 4 heteroatoms. The Kier molecular flexibility index (Phi) is 5.64. The van der Waals surface area contributed by atoms with Crippen molar-refractivity contribution in [1.82, 2.24) is 10.2 Å². The summed E-state index contributed by atoms with van der Waals surface area (Å²) in [6.45, 7) is 7.27. The van der Waals surface area contributed by atoms with Gasteiger partial charge >= 0.3 is 0 Å².